The standard InChI is InChI=1S/C17H19N5O3S/c23-17(14-3-2-13-4-5-19-15(13)10-14)21-6-1-7-22(9-8-21)26(24,25)16-11-18-12-20-16/h2-5,10-12,19H,1,6-9H2,(H,18,20). The Balaban J connectivity index is 1.50. The number of carbonyl (C=O) groups excluding carboxylic acids is 1. The largest absolute Gasteiger partial charge is 0.361 e. The number of H-pyrrole nitrogens is 2. The van der Waals surface area contributed by atoms with E-state index in [1.165, 1.54) is 16.8 Å². The quantitative estimate of drug-likeness (QED) is 0.725. The predicted octanol–water partition coefficient (Wildman–Crippen LogP) is 1.43. The molecule has 9 heteroatoms. The normalized spacial score (nSPS) is 16.7. The van der Waals surface area contributed by atoms with Gasteiger partial charge in [-0.05, 0) is 30.0 Å². The monoisotopic (exact) mass is 373 g/mol. The molecule has 1 amide bonds. The number of imidazole rings is 1. The zero-order chi connectivity index (χ0) is 18.1. The molecular weight excluding hydrogens is 354 g/mol. The summed E-state index contributed by atoms with van der Waals surface area (Å²) >= 11 is 0. The Morgan fingerprint density at radius 3 is 2.77 bits per heavy atom. The summed E-state index contributed by atoms with van der Waals surface area (Å²) in [5, 5.41) is 1.13. The highest BCUT2D eigenvalue weighted by Gasteiger charge is 2.29. The van der Waals surface area contributed by atoms with Gasteiger partial charge in [-0.3, -0.25) is 4.79 Å². The fraction of sp³-hybridized carbons (Fsp3) is 0.294. The first-order valence-corrected chi connectivity index (χ1v) is 9.85. The van der Waals surface area contributed by atoms with Gasteiger partial charge in [-0.25, -0.2) is 13.4 Å². The first-order chi connectivity index (χ1) is 12.6. The summed E-state index contributed by atoms with van der Waals surface area (Å²) < 4.78 is 26.6. The summed E-state index contributed by atoms with van der Waals surface area (Å²) in [7, 11) is -3.60. The highest BCUT2D eigenvalue weighted by Crippen LogP contribution is 2.18. The van der Waals surface area contributed by atoms with Gasteiger partial charge in [0.2, 0.25) is 0 Å². The van der Waals surface area contributed by atoms with Gasteiger partial charge in [0.1, 0.15) is 0 Å². The molecule has 0 aliphatic carbocycles. The van der Waals surface area contributed by atoms with Crippen LogP contribution in [0.1, 0.15) is 16.8 Å². The summed E-state index contributed by atoms with van der Waals surface area (Å²) in [6.07, 6.45) is 5.07. The van der Waals surface area contributed by atoms with Crippen molar-refractivity contribution in [2.24, 2.45) is 0 Å². The Morgan fingerprint density at radius 1 is 1.08 bits per heavy atom. The number of benzene rings is 1. The Morgan fingerprint density at radius 2 is 1.96 bits per heavy atom. The van der Waals surface area contributed by atoms with E-state index in [4.69, 9.17) is 0 Å². The number of hydrogen-bond donors (Lipinski definition) is 2. The van der Waals surface area contributed by atoms with Crippen LogP contribution in [-0.2, 0) is 10.0 Å². The smallest absolute Gasteiger partial charge is 0.260 e. The maximum absolute atomic E-state index is 12.8. The number of nitrogens with zero attached hydrogens (tertiary/aromatic N) is 3. The Labute approximate surface area is 150 Å². The lowest BCUT2D eigenvalue weighted by Crippen LogP contribution is -2.37. The summed E-state index contributed by atoms with van der Waals surface area (Å²) in [4.78, 5) is 24.1. The van der Waals surface area contributed by atoms with Crippen LogP contribution in [0, 0.1) is 0 Å². The zero-order valence-corrected chi connectivity index (χ0v) is 14.9. The fourth-order valence-electron chi connectivity index (χ4n) is 3.22. The number of sulfonamides is 1. The second-order valence-electron chi connectivity index (χ2n) is 6.25. The van der Waals surface area contributed by atoms with Crippen molar-refractivity contribution in [3.05, 3.63) is 48.5 Å². The van der Waals surface area contributed by atoms with Crippen molar-refractivity contribution in [1.29, 1.82) is 0 Å². The van der Waals surface area contributed by atoms with E-state index in [1.807, 2.05) is 30.5 Å². The van der Waals surface area contributed by atoms with Gasteiger partial charge in [0, 0.05) is 43.5 Å². The third kappa shape index (κ3) is 2.99. The topological polar surface area (TPSA) is 102 Å². The number of fused-ring (bicyclic) bond motifs is 1. The number of aromatic amines is 2. The molecule has 0 radical (unpaired) electrons. The molecule has 0 unspecified atom stereocenters. The van der Waals surface area contributed by atoms with Crippen LogP contribution in [0.3, 0.4) is 0 Å². The molecule has 2 aromatic heterocycles. The number of nitrogens with one attached hydrogen (secondary N) is 2. The second-order valence-corrected chi connectivity index (χ2v) is 8.15. The molecule has 4 rings (SSSR count). The molecule has 0 atom stereocenters. The van der Waals surface area contributed by atoms with Crippen LogP contribution in [0.25, 0.3) is 10.9 Å². The highest BCUT2D eigenvalue weighted by molar-refractivity contribution is 7.89. The molecule has 1 aliphatic heterocycles. The molecule has 26 heavy (non-hydrogen) atoms. The van der Waals surface area contributed by atoms with E-state index >= 15 is 0 Å². The molecule has 3 heterocycles. The van der Waals surface area contributed by atoms with Crippen LogP contribution in [-0.4, -0.2) is 64.7 Å². The SMILES string of the molecule is O=C(c1ccc2cc[nH]c2c1)N1CCCN(S(=O)(=O)c2cnc[nH]2)CC1. The van der Waals surface area contributed by atoms with Crippen LogP contribution in [0.2, 0.25) is 0 Å². The molecule has 1 saturated heterocycles. The Kier molecular flexibility index (Phi) is 4.25. The molecule has 8 nitrogen and oxygen atoms in total. The van der Waals surface area contributed by atoms with E-state index in [0.717, 1.165) is 10.9 Å². The van der Waals surface area contributed by atoms with Crippen LogP contribution < -0.4 is 0 Å². The summed E-state index contributed by atoms with van der Waals surface area (Å²) in [5.74, 6) is -0.0812. The van der Waals surface area contributed by atoms with Crippen molar-refractivity contribution in [2.75, 3.05) is 26.2 Å². The minimum Gasteiger partial charge on any atom is -0.361 e. The van der Waals surface area contributed by atoms with Crippen molar-refractivity contribution in [1.82, 2.24) is 24.2 Å². The first kappa shape index (κ1) is 16.8. The third-order valence-corrected chi connectivity index (χ3v) is 6.46. The molecule has 1 aromatic carbocycles. The minimum atomic E-state index is -3.60. The lowest BCUT2D eigenvalue weighted by atomic mass is 10.1. The zero-order valence-electron chi connectivity index (χ0n) is 14.1. The van der Waals surface area contributed by atoms with Gasteiger partial charge in [0.15, 0.2) is 5.03 Å². The Hall–Kier alpha value is -2.65. The number of carbonyl (C=O) groups is 1. The van der Waals surface area contributed by atoms with Crippen molar-refractivity contribution in [2.45, 2.75) is 11.4 Å². The average molecular weight is 373 g/mol. The van der Waals surface area contributed by atoms with E-state index < -0.39 is 10.0 Å². The van der Waals surface area contributed by atoms with Crippen molar-refractivity contribution in [3.8, 4) is 0 Å². The summed E-state index contributed by atoms with van der Waals surface area (Å²) in [6.45, 7) is 1.52. The molecule has 0 bridgehead atoms. The molecule has 3 aromatic rings. The van der Waals surface area contributed by atoms with Crippen LogP contribution in [0.15, 0.2) is 48.0 Å². The van der Waals surface area contributed by atoms with Crippen LogP contribution in [0.5, 0.6) is 0 Å². The van der Waals surface area contributed by atoms with Crippen molar-refractivity contribution < 1.29 is 13.2 Å². The van der Waals surface area contributed by atoms with Gasteiger partial charge in [-0.2, -0.15) is 4.31 Å². The molecule has 2 N–H and O–H groups in total. The molecular formula is C17H19N5O3S. The van der Waals surface area contributed by atoms with E-state index in [9.17, 15) is 13.2 Å². The maximum Gasteiger partial charge on any atom is 0.260 e. The average Bonchev–Trinajstić information content (AvgIpc) is 3.27. The molecule has 1 aliphatic rings. The summed E-state index contributed by atoms with van der Waals surface area (Å²) in [5.41, 5.74) is 1.51. The number of aromatic nitrogens is 3. The van der Waals surface area contributed by atoms with Gasteiger partial charge >= 0.3 is 0 Å². The van der Waals surface area contributed by atoms with E-state index in [-0.39, 0.29) is 17.5 Å². The van der Waals surface area contributed by atoms with Gasteiger partial charge in [0.25, 0.3) is 15.9 Å². The first-order valence-electron chi connectivity index (χ1n) is 8.41. The van der Waals surface area contributed by atoms with Crippen molar-refractivity contribution in [3.63, 3.8) is 0 Å². The molecule has 136 valence electrons. The van der Waals surface area contributed by atoms with Crippen molar-refractivity contribution >= 4 is 26.8 Å². The molecule has 0 saturated carbocycles. The van der Waals surface area contributed by atoms with Gasteiger partial charge in [0.05, 0.1) is 12.5 Å². The van der Waals surface area contributed by atoms with E-state index in [2.05, 4.69) is 15.0 Å². The predicted molar refractivity (Wildman–Crippen MR) is 96.2 cm³/mol. The van der Waals surface area contributed by atoms with Gasteiger partial charge in [-0.15, -0.1) is 0 Å². The minimum absolute atomic E-state index is 0.0782. The number of rotatable bonds is 3. The Bertz CT molecular complexity index is 1030. The third-order valence-electron chi connectivity index (χ3n) is 4.64. The van der Waals surface area contributed by atoms with Gasteiger partial charge < -0.3 is 14.9 Å². The lowest BCUT2D eigenvalue weighted by molar-refractivity contribution is 0.0764. The number of hydrogen-bond acceptors (Lipinski definition) is 4. The highest BCUT2D eigenvalue weighted by atomic mass is 32.2. The number of amides is 1. The van der Waals surface area contributed by atoms with Crippen LogP contribution in [0.4, 0.5) is 0 Å². The van der Waals surface area contributed by atoms with E-state index in [1.54, 1.807) is 4.90 Å². The van der Waals surface area contributed by atoms with Crippen LogP contribution >= 0.6 is 0 Å². The molecule has 0 spiro atoms. The van der Waals surface area contributed by atoms with Gasteiger partial charge in [-0.1, -0.05) is 6.07 Å². The summed E-state index contributed by atoms with van der Waals surface area (Å²) in [6, 6.07) is 7.50. The fourth-order valence-corrected chi connectivity index (χ4v) is 4.59. The maximum atomic E-state index is 12.8. The molecule has 1 fully saturated rings. The lowest BCUT2D eigenvalue weighted by Gasteiger charge is -2.21. The van der Waals surface area contributed by atoms with E-state index in [0.29, 0.717) is 31.6 Å². The second kappa shape index (κ2) is 6.58.